The number of piperidine rings is 1. The van der Waals surface area contributed by atoms with Crippen molar-refractivity contribution in [3.63, 3.8) is 0 Å². The van der Waals surface area contributed by atoms with Crippen molar-refractivity contribution >= 4 is 56.5 Å². The van der Waals surface area contributed by atoms with Crippen LogP contribution in [-0.2, 0) is 16.1 Å². The third kappa shape index (κ3) is 5.66. The number of aromatic nitrogens is 4. The topological polar surface area (TPSA) is 178 Å². The first-order chi connectivity index (χ1) is 18.3. The number of nitrogens with zero attached hydrogens (tertiary/aromatic N) is 5. The number of rotatable bonds is 8. The van der Waals surface area contributed by atoms with Gasteiger partial charge in [0, 0.05) is 29.0 Å². The van der Waals surface area contributed by atoms with Crippen molar-refractivity contribution in [1.82, 2.24) is 24.4 Å². The molecule has 0 bridgehead atoms. The summed E-state index contributed by atoms with van der Waals surface area (Å²) in [5.74, 6) is 1.34. The van der Waals surface area contributed by atoms with Crippen LogP contribution in [0.3, 0.4) is 0 Å². The predicted molar refractivity (Wildman–Crippen MR) is 145 cm³/mol. The molecule has 12 nitrogen and oxygen atoms in total. The lowest BCUT2D eigenvalue weighted by molar-refractivity contribution is -0.135. The lowest BCUT2D eigenvalue weighted by Gasteiger charge is -2.33. The number of primary amides is 1. The van der Waals surface area contributed by atoms with Crippen LogP contribution in [-0.4, -0.2) is 68.6 Å². The largest absolute Gasteiger partial charge is 0.486 e. The number of hydrogen-bond donors (Lipinski definition) is 3. The lowest BCUT2D eigenvalue weighted by Crippen LogP contribution is -2.48. The maximum absolute atomic E-state index is 12.5. The maximum Gasteiger partial charge on any atom is 0.240 e. The van der Waals surface area contributed by atoms with Crippen molar-refractivity contribution < 1.29 is 19.1 Å². The minimum atomic E-state index is -0.883. The van der Waals surface area contributed by atoms with Crippen molar-refractivity contribution in [3.05, 3.63) is 22.9 Å². The SMILES string of the molecule is NC(=O)C[C@H](N)C(=O)N1CCC(CCn2c(Sc3cc4c(cc3Br)OCCO4)nc3c(N)ncnc32)CC1. The van der Waals surface area contributed by atoms with E-state index >= 15 is 0 Å². The van der Waals surface area contributed by atoms with Gasteiger partial charge in [-0.05, 0) is 53.2 Å². The number of anilines is 1. The third-order valence-electron chi connectivity index (χ3n) is 6.75. The van der Waals surface area contributed by atoms with Crippen LogP contribution in [0, 0.1) is 5.92 Å². The fourth-order valence-electron chi connectivity index (χ4n) is 4.73. The normalized spacial score (nSPS) is 16.5. The highest BCUT2D eigenvalue weighted by Gasteiger charge is 2.28. The minimum Gasteiger partial charge on any atom is -0.486 e. The van der Waals surface area contributed by atoms with Gasteiger partial charge in [-0.2, -0.15) is 0 Å². The Hall–Kier alpha value is -3.10. The third-order valence-corrected chi connectivity index (χ3v) is 8.72. The molecule has 0 spiro atoms. The standard InChI is InChI=1S/C24H29BrN8O4S/c25-14-9-16-17(37-8-7-36-16)11-18(14)38-24-31-20-21(28)29-12-30-22(20)33(24)6-3-13-1-4-32(5-2-13)23(35)15(26)10-19(27)34/h9,11-13,15H,1-8,10,26H2,(H2,27,34)(H2,28,29,30)/t15-/m0/s1. The van der Waals surface area contributed by atoms with Crippen LogP contribution in [0.5, 0.6) is 11.5 Å². The molecule has 3 aromatic rings. The van der Waals surface area contributed by atoms with Crippen molar-refractivity contribution in [2.45, 2.75) is 48.3 Å². The molecule has 5 rings (SSSR count). The van der Waals surface area contributed by atoms with Crippen molar-refractivity contribution in [3.8, 4) is 11.5 Å². The average molecular weight is 606 g/mol. The van der Waals surface area contributed by atoms with E-state index in [0.717, 1.165) is 33.8 Å². The van der Waals surface area contributed by atoms with Crippen LogP contribution >= 0.6 is 27.7 Å². The Balaban J connectivity index is 1.30. The molecule has 14 heteroatoms. The molecule has 1 aromatic carbocycles. The summed E-state index contributed by atoms with van der Waals surface area (Å²) >= 11 is 5.13. The number of carbonyl (C=O) groups is 2. The van der Waals surface area contributed by atoms with Gasteiger partial charge < -0.3 is 36.1 Å². The molecule has 1 fully saturated rings. The molecule has 0 aliphatic carbocycles. The van der Waals surface area contributed by atoms with Gasteiger partial charge in [0.1, 0.15) is 19.5 Å². The molecular weight excluding hydrogens is 576 g/mol. The zero-order chi connectivity index (χ0) is 26.8. The number of nitrogen functional groups attached to an aromatic ring is 1. The van der Waals surface area contributed by atoms with Crippen LogP contribution in [0.1, 0.15) is 25.7 Å². The number of likely N-dealkylation sites (tertiary alicyclic amines) is 1. The van der Waals surface area contributed by atoms with Gasteiger partial charge in [0.15, 0.2) is 33.6 Å². The molecule has 202 valence electrons. The van der Waals surface area contributed by atoms with Crippen molar-refractivity contribution in [2.24, 2.45) is 17.4 Å². The molecule has 1 atom stereocenters. The molecular formula is C24H29BrN8O4S. The van der Waals surface area contributed by atoms with E-state index in [0.29, 0.717) is 67.2 Å². The van der Waals surface area contributed by atoms with E-state index in [-0.39, 0.29) is 12.3 Å². The number of ether oxygens (including phenoxy) is 2. The summed E-state index contributed by atoms with van der Waals surface area (Å²) < 4.78 is 14.4. The van der Waals surface area contributed by atoms with Crippen LogP contribution in [0.4, 0.5) is 5.82 Å². The van der Waals surface area contributed by atoms with E-state index in [1.165, 1.54) is 18.1 Å². The Morgan fingerprint density at radius 2 is 1.87 bits per heavy atom. The minimum absolute atomic E-state index is 0.141. The van der Waals surface area contributed by atoms with Crippen molar-refractivity contribution in [1.29, 1.82) is 0 Å². The second-order valence-electron chi connectivity index (χ2n) is 9.34. The van der Waals surface area contributed by atoms with E-state index in [9.17, 15) is 9.59 Å². The molecule has 1 saturated heterocycles. The number of aryl methyl sites for hydroxylation is 1. The lowest BCUT2D eigenvalue weighted by atomic mass is 9.93. The number of nitrogens with two attached hydrogens (primary N) is 3. The van der Waals surface area contributed by atoms with Gasteiger partial charge in [0.25, 0.3) is 0 Å². The Kier molecular flexibility index (Phi) is 7.91. The highest BCUT2D eigenvalue weighted by molar-refractivity contribution is 9.10. The zero-order valence-corrected chi connectivity index (χ0v) is 23.0. The molecule has 0 unspecified atom stereocenters. The van der Waals surface area contributed by atoms with Gasteiger partial charge in [-0.15, -0.1) is 0 Å². The van der Waals surface area contributed by atoms with Crippen LogP contribution in [0.2, 0.25) is 0 Å². The monoisotopic (exact) mass is 604 g/mol. The van der Waals surface area contributed by atoms with Gasteiger partial charge >= 0.3 is 0 Å². The van der Waals surface area contributed by atoms with E-state index in [1.807, 2.05) is 12.1 Å². The Labute approximate surface area is 231 Å². The Bertz CT molecular complexity index is 1360. The molecule has 2 aliphatic heterocycles. The summed E-state index contributed by atoms with van der Waals surface area (Å²) in [4.78, 5) is 39.7. The molecule has 2 amide bonds. The summed E-state index contributed by atoms with van der Waals surface area (Å²) in [7, 11) is 0. The molecule has 38 heavy (non-hydrogen) atoms. The first kappa shape index (κ1) is 26.5. The number of hydrogen-bond acceptors (Lipinski definition) is 10. The van der Waals surface area contributed by atoms with Crippen molar-refractivity contribution in [2.75, 3.05) is 32.0 Å². The summed E-state index contributed by atoms with van der Waals surface area (Å²) in [5.41, 5.74) is 18.4. The van der Waals surface area contributed by atoms with Crippen LogP contribution < -0.4 is 26.7 Å². The van der Waals surface area contributed by atoms with Gasteiger partial charge in [-0.3, -0.25) is 9.59 Å². The fraction of sp³-hybridized carbons (Fsp3) is 0.458. The Morgan fingerprint density at radius 1 is 1.16 bits per heavy atom. The Morgan fingerprint density at radius 3 is 2.58 bits per heavy atom. The molecule has 2 aromatic heterocycles. The summed E-state index contributed by atoms with van der Waals surface area (Å²) in [6.45, 7) is 2.90. The van der Waals surface area contributed by atoms with E-state index in [4.69, 9.17) is 31.7 Å². The predicted octanol–water partition coefficient (Wildman–Crippen LogP) is 1.92. The molecule has 0 radical (unpaired) electrons. The van der Waals surface area contributed by atoms with Gasteiger partial charge in [0.2, 0.25) is 11.8 Å². The van der Waals surface area contributed by atoms with E-state index < -0.39 is 11.9 Å². The average Bonchev–Trinajstić information content (AvgIpc) is 3.25. The summed E-state index contributed by atoms with van der Waals surface area (Å²) in [6, 6.07) is 2.96. The van der Waals surface area contributed by atoms with E-state index in [1.54, 1.807) is 4.90 Å². The summed E-state index contributed by atoms with van der Waals surface area (Å²) in [6.07, 6.45) is 3.87. The number of fused-ring (bicyclic) bond motifs is 2. The van der Waals surface area contributed by atoms with Gasteiger partial charge in [0.05, 0.1) is 12.5 Å². The molecule has 6 N–H and O–H groups in total. The zero-order valence-electron chi connectivity index (χ0n) is 20.6. The number of carbonyl (C=O) groups excluding carboxylic acids is 2. The smallest absolute Gasteiger partial charge is 0.240 e. The molecule has 2 aliphatic rings. The first-order valence-corrected chi connectivity index (χ1v) is 14.0. The second kappa shape index (κ2) is 11.3. The van der Waals surface area contributed by atoms with Crippen LogP contribution in [0.25, 0.3) is 11.2 Å². The molecule has 0 saturated carbocycles. The highest BCUT2D eigenvalue weighted by atomic mass is 79.9. The molecule has 4 heterocycles. The van der Waals surface area contributed by atoms with Gasteiger partial charge in [-0.1, -0.05) is 11.8 Å². The quantitative estimate of drug-likeness (QED) is 0.344. The number of benzene rings is 1. The summed E-state index contributed by atoms with van der Waals surface area (Å²) in [5, 5.41) is 0.745. The maximum atomic E-state index is 12.5. The van der Waals surface area contributed by atoms with Crippen LogP contribution in [0.15, 0.2) is 33.0 Å². The highest BCUT2D eigenvalue weighted by Crippen LogP contribution is 2.42. The fourth-order valence-corrected chi connectivity index (χ4v) is 6.24. The first-order valence-electron chi connectivity index (χ1n) is 12.4. The second-order valence-corrected chi connectivity index (χ2v) is 11.2. The number of amides is 2. The number of imidazole rings is 1. The van der Waals surface area contributed by atoms with E-state index in [2.05, 4.69) is 30.5 Å². The van der Waals surface area contributed by atoms with Gasteiger partial charge in [-0.25, -0.2) is 15.0 Å². The number of halogens is 1.